The molecule has 1 aromatic carbocycles. The molecule has 1 fully saturated rings. The first-order valence-corrected chi connectivity index (χ1v) is 9.36. The van der Waals surface area contributed by atoms with E-state index in [1.54, 1.807) is 0 Å². The van der Waals surface area contributed by atoms with Gasteiger partial charge in [0, 0.05) is 12.8 Å². The molecule has 2 atom stereocenters. The third-order valence-corrected chi connectivity index (χ3v) is 6.83. The molecular formula is C15H16Cl2O5S. The van der Waals surface area contributed by atoms with Crippen LogP contribution in [-0.2, 0) is 24.2 Å². The molecule has 0 aromatic heterocycles. The lowest BCUT2D eigenvalue weighted by atomic mass is 9.86. The number of carbonyl (C=O) groups excluding carboxylic acids is 2. The minimum absolute atomic E-state index is 0.0421. The number of methoxy groups -OCH3 is 1. The monoisotopic (exact) mass is 378 g/mol. The van der Waals surface area contributed by atoms with E-state index in [-0.39, 0.29) is 27.1 Å². The van der Waals surface area contributed by atoms with Crippen molar-refractivity contribution in [2.75, 3.05) is 7.11 Å². The lowest BCUT2D eigenvalue weighted by molar-refractivity contribution is -0.141. The molecule has 2 unspecified atom stereocenters. The Bertz CT molecular complexity index is 729. The van der Waals surface area contributed by atoms with E-state index in [1.165, 1.54) is 18.2 Å². The van der Waals surface area contributed by atoms with Gasteiger partial charge in [0.2, 0.25) is 0 Å². The second-order valence-electron chi connectivity index (χ2n) is 5.46. The number of Topliss-reactive ketones (excluding diaryl/α,β-unsaturated/α-hetero) is 1. The number of carbonyl (C=O) groups is 2. The highest BCUT2D eigenvalue weighted by Crippen LogP contribution is 2.34. The van der Waals surface area contributed by atoms with Crippen LogP contribution in [0.2, 0.25) is 10.0 Å². The highest BCUT2D eigenvalue weighted by Gasteiger charge is 2.43. The standard InChI is InChI=1S/C15H16Cl2O5S/c1-22-15(19)14(9-3-2-4-10(18)7-9)23(20,21)11-5-6-12(16)13(17)8-11/h5-6,8-9,14H,2-4,7H2,1H3. The summed E-state index contributed by atoms with van der Waals surface area (Å²) in [4.78, 5) is 23.7. The molecule has 0 bridgehead atoms. The largest absolute Gasteiger partial charge is 0.468 e. The zero-order valence-corrected chi connectivity index (χ0v) is 14.7. The van der Waals surface area contributed by atoms with Gasteiger partial charge in [-0.15, -0.1) is 0 Å². The summed E-state index contributed by atoms with van der Waals surface area (Å²) in [5.41, 5.74) is 0. The number of ether oxygens (including phenoxy) is 1. The van der Waals surface area contributed by atoms with E-state index in [4.69, 9.17) is 23.2 Å². The first-order valence-electron chi connectivity index (χ1n) is 7.06. The van der Waals surface area contributed by atoms with Crippen LogP contribution >= 0.6 is 23.2 Å². The van der Waals surface area contributed by atoms with E-state index in [0.29, 0.717) is 19.3 Å². The Kier molecular flexibility index (Phi) is 5.70. The highest BCUT2D eigenvalue weighted by molar-refractivity contribution is 7.92. The molecule has 0 saturated heterocycles. The number of benzene rings is 1. The Balaban J connectivity index is 2.46. The molecule has 1 aliphatic rings. The van der Waals surface area contributed by atoms with Crippen molar-refractivity contribution < 1.29 is 22.7 Å². The molecule has 0 N–H and O–H groups in total. The average Bonchev–Trinajstić information content (AvgIpc) is 2.49. The summed E-state index contributed by atoms with van der Waals surface area (Å²) < 4.78 is 30.5. The van der Waals surface area contributed by atoms with Crippen LogP contribution < -0.4 is 0 Å². The molecule has 8 heteroatoms. The van der Waals surface area contributed by atoms with Gasteiger partial charge < -0.3 is 4.74 Å². The maximum absolute atomic E-state index is 12.9. The van der Waals surface area contributed by atoms with Gasteiger partial charge in [0.05, 0.1) is 22.1 Å². The zero-order valence-electron chi connectivity index (χ0n) is 12.4. The Morgan fingerprint density at radius 1 is 1.30 bits per heavy atom. The number of hydrogen-bond donors (Lipinski definition) is 0. The molecule has 1 aromatic rings. The summed E-state index contributed by atoms with van der Waals surface area (Å²) in [7, 11) is -2.92. The Morgan fingerprint density at radius 3 is 2.57 bits per heavy atom. The number of esters is 1. The summed E-state index contributed by atoms with van der Waals surface area (Å²) in [6, 6.07) is 3.86. The van der Waals surface area contributed by atoms with Gasteiger partial charge >= 0.3 is 5.97 Å². The van der Waals surface area contributed by atoms with Crippen molar-refractivity contribution in [1.29, 1.82) is 0 Å². The Morgan fingerprint density at radius 2 is 2.00 bits per heavy atom. The van der Waals surface area contributed by atoms with Crippen molar-refractivity contribution >= 4 is 44.8 Å². The van der Waals surface area contributed by atoms with Gasteiger partial charge in [0.15, 0.2) is 15.1 Å². The van der Waals surface area contributed by atoms with Crippen LogP contribution in [0, 0.1) is 5.92 Å². The molecular weight excluding hydrogens is 363 g/mol. The van der Waals surface area contributed by atoms with Crippen LogP contribution in [0.4, 0.5) is 0 Å². The predicted octanol–water partition coefficient (Wildman–Crippen LogP) is 3.07. The molecule has 0 radical (unpaired) electrons. The van der Waals surface area contributed by atoms with Gasteiger partial charge in [-0.05, 0) is 37.0 Å². The van der Waals surface area contributed by atoms with Crippen molar-refractivity contribution in [3.05, 3.63) is 28.2 Å². The van der Waals surface area contributed by atoms with Gasteiger partial charge in [0.1, 0.15) is 5.78 Å². The number of sulfone groups is 1. The lowest BCUT2D eigenvalue weighted by Gasteiger charge is -2.27. The fourth-order valence-corrected chi connectivity index (χ4v) is 5.09. The zero-order chi connectivity index (χ0) is 17.2. The van der Waals surface area contributed by atoms with E-state index < -0.39 is 27.0 Å². The van der Waals surface area contributed by atoms with Crippen molar-refractivity contribution in [3.63, 3.8) is 0 Å². The van der Waals surface area contributed by atoms with Gasteiger partial charge in [-0.2, -0.15) is 0 Å². The molecule has 5 nitrogen and oxygen atoms in total. The van der Waals surface area contributed by atoms with Gasteiger partial charge in [-0.1, -0.05) is 23.2 Å². The van der Waals surface area contributed by atoms with E-state index in [9.17, 15) is 18.0 Å². The predicted molar refractivity (Wildman–Crippen MR) is 86.4 cm³/mol. The van der Waals surface area contributed by atoms with Crippen molar-refractivity contribution in [3.8, 4) is 0 Å². The van der Waals surface area contributed by atoms with Gasteiger partial charge in [-0.25, -0.2) is 8.42 Å². The SMILES string of the molecule is COC(=O)C(C1CCCC(=O)C1)S(=O)(=O)c1ccc(Cl)c(Cl)c1. The summed E-state index contributed by atoms with van der Waals surface area (Å²) >= 11 is 11.7. The Hall–Kier alpha value is -1.11. The minimum atomic E-state index is -4.04. The molecule has 0 aliphatic heterocycles. The first kappa shape index (κ1) is 18.2. The van der Waals surface area contributed by atoms with Crippen LogP contribution in [-0.4, -0.2) is 32.5 Å². The molecule has 0 spiro atoms. The second-order valence-corrected chi connectivity index (χ2v) is 8.34. The maximum Gasteiger partial charge on any atom is 0.324 e. The maximum atomic E-state index is 12.9. The summed E-state index contributed by atoms with van der Waals surface area (Å²) in [6.45, 7) is 0. The molecule has 126 valence electrons. The average molecular weight is 379 g/mol. The topological polar surface area (TPSA) is 77.5 Å². The minimum Gasteiger partial charge on any atom is -0.468 e. The highest BCUT2D eigenvalue weighted by atomic mass is 35.5. The molecule has 0 amide bonds. The summed E-state index contributed by atoms with van der Waals surface area (Å²) in [5, 5.41) is -1.13. The van der Waals surface area contributed by atoms with Crippen LogP contribution in [0.15, 0.2) is 23.1 Å². The van der Waals surface area contributed by atoms with Gasteiger partial charge in [-0.3, -0.25) is 9.59 Å². The van der Waals surface area contributed by atoms with E-state index >= 15 is 0 Å². The van der Waals surface area contributed by atoms with Crippen LogP contribution in [0.5, 0.6) is 0 Å². The molecule has 23 heavy (non-hydrogen) atoms. The molecule has 1 saturated carbocycles. The molecule has 2 rings (SSSR count). The Labute approximate surface area is 144 Å². The number of hydrogen-bond acceptors (Lipinski definition) is 5. The normalized spacial score (nSPS) is 20.1. The first-order chi connectivity index (χ1) is 10.8. The lowest BCUT2D eigenvalue weighted by Crippen LogP contribution is -2.40. The van der Waals surface area contributed by atoms with Crippen molar-refractivity contribution in [2.45, 2.75) is 35.8 Å². The fraction of sp³-hybridized carbons (Fsp3) is 0.467. The third kappa shape index (κ3) is 3.87. The van der Waals surface area contributed by atoms with Crippen LogP contribution in [0.25, 0.3) is 0 Å². The third-order valence-electron chi connectivity index (χ3n) is 3.94. The summed E-state index contributed by atoms with van der Waals surface area (Å²) in [5.74, 6) is -1.50. The quantitative estimate of drug-likeness (QED) is 0.752. The second kappa shape index (κ2) is 7.20. The van der Waals surface area contributed by atoms with E-state index in [1.807, 2.05) is 0 Å². The van der Waals surface area contributed by atoms with Crippen LogP contribution in [0.3, 0.4) is 0 Å². The summed E-state index contributed by atoms with van der Waals surface area (Å²) in [6.07, 6.45) is 1.51. The van der Waals surface area contributed by atoms with Crippen LogP contribution in [0.1, 0.15) is 25.7 Å². The molecule has 0 heterocycles. The fourth-order valence-electron chi connectivity index (χ4n) is 2.81. The van der Waals surface area contributed by atoms with Gasteiger partial charge in [0.25, 0.3) is 0 Å². The smallest absolute Gasteiger partial charge is 0.324 e. The molecule has 1 aliphatic carbocycles. The van der Waals surface area contributed by atoms with E-state index in [2.05, 4.69) is 4.74 Å². The number of ketones is 1. The van der Waals surface area contributed by atoms with Crippen molar-refractivity contribution in [1.82, 2.24) is 0 Å². The van der Waals surface area contributed by atoms with E-state index in [0.717, 1.165) is 7.11 Å². The number of halogens is 2. The van der Waals surface area contributed by atoms with Crippen molar-refractivity contribution in [2.24, 2.45) is 5.92 Å². The number of rotatable bonds is 4.